The van der Waals surface area contributed by atoms with Crippen molar-refractivity contribution in [2.75, 3.05) is 10.2 Å². The molecule has 3 nitrogen and oxygen atoms in total. The van der Waals surface area contributed by atoms with Gasteiger partial charge in [0, 0.05) is 32.8 Å². The summed E-state index contributed by atoms with van der Waals surface area (Å²) in [6.45, 7) is 4.71. The number of hydrogen-bond acceptors (Lipinski definition) is 3. The highest BCUT2D eigenvalue weighted by Gasteiger charge is 2.37. The van der Waals surface area contributed by atoms with Crippen LogP contribution in [-0.2, 0) is 5.41 Å². The molecular weight excluding hydrogens is 633 g/mol. The Morgan fingerprint density at radius 1 is 0.462 bits per heavy atom. The first-order chi connectivity index (χ1) is 25.5. The van der Waals surface area contributed by atoms with Gasteiger partial charge in [-0.15, -0.1) is 0 Å². The molecule has 0 bridgehead atoms. The lowest BCUT2D eigenvalue weighted by molar-refractivity contribution is 0.632. The molecule has 3 heteroatoms. The van der Waals surface area contributed by atoms with Crippen molar-refractivity contribution in [3.63, 3.8) is 0 Å². The second-order valence-electron chi connectivity index (χ2n) is 14.2. The van der Waals surface area contributed by atoms with Crippen LogP contribution < -0.4 is 10.2 Å². The quantitative estimate of drug-likeness (QED) is 0.198. The molecule has 0 amide bonds. The van der Waals surface area contributed by atoms with Crippen LogP contribution in [0.3, 0.4) is 0 Å². The van der Waals surface area contributed by atoms with Crippen LogP contribution in [0.25, 0.3) is 55.0 Å². The topological polar surface area (TPSA) is 28.4 Å². The third-order valence-electron chi connectivity index (χ3n) is 10.8. The van der Waals surface area contributed by atoms with Crippen molar-refractivity contribution < 1.29 is 4.42 Å². The minimum atomic E-state index is -0.210. The first kappa shape index (κ1) is 30.3. The van der Waals surface area contributed by atoms with Gasteiger partial charge in [-0.1, -0.05) is 141 Å². The Labute approximate surface area is 303 Å². The molecular formula is C49H36N2O. The van der Waals surface area contributed by atoms with E-state index in [1.807, 2.05) is 12.1 Å². The van der Waals surface area contributed by atoms with Crippen LogP contribution in [-0.4, -0.2) is 0 Å². The predicted octanol–water partition coefficient (Wildman–Crippen LogP) is 13.9. The van der Waals surface area contributed by atoms with Gasteiger partial charge in [-0.25, -0.2) is 0 Å². The van der Waals surface area contributed by atoms with Gasteiger partial charge in [0.15, 0.2) is 5.58 Å². The Kier molecular flexibility index (Phi) is 6.84. The van der Waals surface area contributed by atoms with Gasteiger partial charge >= 0.3 is 0 Å². The molecule has 9 aromatic rings. The minimum absolute atomic E-state index is 0.210. The summed E-state index contributed by atoms with van der Waals surface area (Å²) in [6, 6.07) is 63.2. The average Bonchev–Trinajstić information content (AvgIpc) is 3.58. The van der Waals surface area contributed by atoms with Crippen LogP contribution in [0.4, 0.5) is 28.4 Å². The molecule has 52 heavy (non-hydrogen) atoms. The largest absolute Gasteiger partial charge is 0.454 e. The molecule has 0 unspecified atom stereocenters. The van der Waals surface area contributed by atoms with E-state index >= 15 is 0 Å². The van der Waals surface area contributed by atoms with Crippen molar-refractivity contribution in [1.29, 1.82) is 0 Å². The molecule has 0 fully saturated rings. The monoisotopic (exact) mass is 668 g/mol. The maximum atomic E-state index is 6.39. The maximum Gasteiger partial charge on any atom is 0.158 e. The first-order valence-electron chi connectivity index (χ1n) is 17.9. The van der Waals surface area contributed by atoms with E-state index in [-0.39, 0.29) is 5.41 Å². The van der Waals surface area contributed by atoms with Crippen molar-refractivity contribution in [2.24, 2.45) is 0 Å². The molecule has 0 atom stereocenters. The summed E-state index contributed by atoms with van der Waals surface area (Å²) in [5.41, 5.74) is 14.4. The van der Waals surface area contributed by atoms with E-state index in [1.165, 1.54) is 50.1 Å². The highest BCUT2D eigenvalue weighted by atomic mass is 16.3. The van der Waals surface area contributed by atoms with E-state index in [4.69, 9.17) is 4.42 Å². The Morgan fingerprint density at radius 3 is 2.02 bits per heavy atom. The molecule has 2 heterocycles. The SMILES string of the molecule is CC1(C)c2ccccc2N(c2cccc3ccccc23)c2ccc(-c3ccc(Nc4cccc5c4oc4ccccc45)c(-c4ccccc4)c3)cc21. The van der Waals surface area contributed by atoms with Crippen LogP contribution in [0.1, 0.15) is 25.0 Å². The fraction of sp³-hybridized carbons (Fsp3) is 0.0612. The number of fused-ring (bicyclic) bond motifs is 6. The maximum absolute atomic E-state index is 6.39. The van der Waals surface area contributed by atoms with Gasteiger partial charge in [0.2, 0.25) is 0 Å². The Balaban J connectivity index is 1.12. The van der Waals surface area contributed by atoms with Gasteiger partial charge in [-0.3, -0.25) is 0 Å². The van der Waals surface area contributed by atoms with Gasteiger partial charge in [0.25, 0.3) is 0 Å². The number of nitrogens with zero attached hydrogens (tertiary/aromatic N) is 1. The number of para-hydroxylation sites is 3. The Hall–Kier alpha value is -6.58. The molecule has 8 aromatic carbocycles. The molecule has 0 radical (unpaired) electrons. The number of rotatable bonds is 5. The highest BCUT2D eigenvalue weighted by Crippen LogP contribution is 2.53. The highest BCUT2D eigenvalue weighted by molar-refractivity contribution is 6.09. The Bertz CT molecular complexity index is 2810. The molecule has 1 aliphatic heterocycles. The number of furan rings is 1. The molecule has 0 aliphatic carbocycles. The van der Waals surface area contributed by atoms with Gasteiger partial charge in [-0.05, 0) is 81.7 Å². The lowest BCUT2D eigenvalue weighted by Gasteiger charge is -2.42. The first-order valence-corrected chi connectivity index (χ1v) is 17.9. The van der Waals surface area contributed by atoms with Gasteiger partial charge < -0.3 is 14.6 Å². The lowest BCUT2D eigenvalue weighted by Crippen LogP contribution is -2.30. The molecule has 0 spiro atoms. The molecule has 10 rings (SSSR count). The van der Waals surface area contributed by atoms with E-state index < -0.39 is 0 Å². The number of anilines is 5. The molecule has 0 saturated heterocycles. The summed E-state index contributed by atoms with van der Waals surface area (Å²) in [5, 5.41) is 8.47. The smallest absolute Gasteiger partial charge is 0.158 e. The van der Waals surface area contributed by atoms with Gasteiger partial charge in [-0.2, -0.15) is 0 Å². The number of benzene rings is 8. The van der Waals surface area contributed by atoms with Gasteiger partial charge in [0.1, 0.15) is 5.58 Å². The van der Waals surface area contributed by atoms with Crippen molar-refractivity contribution in [2.45, 2.75) is 19.3 Å². The molecule has 1 N–H and O–H groups in total. The van der Waals surface area contributed by atoms with Gasteiger partial charge in [0.05, 0.1) is 22.7 Å². The van der Waals surface area contributed by atoms with Crippen molar-refractivity contribution in [3.8, 4) is 22.3 Å². The third kappa shape index (κ3) is 4.74. The minimum Gasteiger partial charge on any atom is -0.454 e. The van der Waals surface area contributed by atoms with Crippen molar-refractivity contribution >= 4 is 61.1 Å². The molecule has 248 valence electrons. The van der Waals surface area contributed by atoms with Crippen LogP contribution in [0.2, 0.25) is 0 Å². The second kappa shape index (κ2) is 11.8. The van der Waals surface area contributed by atoms with Crippen LogP contribution in [0.15, 0.2) is 180 Å². The number of hydrogen-bond donors (Lipinski definition) is 1. The fourth-order valence-corrected chi connectivity index (χ4v) is 8.23. The average molecular weight is 669 g/mol. The summed E-state index contributed by atoms with van der Waals surface area (Å²) < 4.78 is 6.39. The zero-order valence-corrected chi connectivity index (χ0v) is 29.1. The van der Waals surface area contributed by atoms with Crippen LogP contribution in [0.5, 0.6) is 0 Å². The van der Waals surface area contributed by atoms with E-state index in [9.17, 15) is 0 Å². The summed E-state index contributed by atoms with van der Waals surface area (Å²) in [6.07, 6.45) is 0. The predicted molar refractivity (Wildman–Crippen MR) is 219 cm³/mol. The van der Waals surface area contributed by atoms with E-state index in [1.54, 1.807) is 0 Å². The van der Waals surface area contributed by atoms with Crippen molar-refractivity contribution in [3.05, 3.63) is 187 Å². The summed E-state index contributed by atoms with van der Waals surface area (Å²) in [4.78, 5) is 2.46. The third-order valence-corrected chi connectivity index (χ3v) is 10.8. The number of nitrogens with one attached hydrogen (secondary N) is 1. The standard InChI is InChI=1S/C49H36N2O/c1-49(2)40-21-9-10-23-45(40)51(44-24-12-17-32-16-6-7-18-36(32)44)46-29-27-35(31-41(46)49)34-26-28-42(39(30-34)33-14-4-3-5-15-33)50-43-22-13-20-38-37-19-8-11-25-47(37)52-48(38)43/h3-31,50H,1-2H3. The van der Waals surface area contributed by atoms with Crippen LogP contribution >= 0.6 is 0 Å². The molecule has 1 aliphatic rings. The summed E-state index contributed by atoms with van der Waals surface area (Å²) in [7, 11) is 0. The summed E-state index contributed by atoms with van der Waals surface area (Å²) >= 11 is 0. The normalized spacial score (nSPS) is 13.3. The second-order valence-corrected chi connectivity index (χ2v) is 14.2. The van der Waals surface area contributed by atoms with E-state index in [2.05, 4.69) is 188 Å². The lowest BCUT2D eigenvalue weighted by atomic mass is 9.72. The zero-order valence-electron chi connectivity index (χ0n) is 29.1. The summed E-state index contributed by atoms with van der Waals surface area (Å²) in [5.74, 6) is 0. The Morgan fingerprint density at radius 2 is 1.12 bits per heavy atom. The van der Waals surface area contributed by atoms with E-state index in [0.29, 0.717) is 0 Å². The molecule has 1 aromatic heterocycles. The van der Waals surface area contributed by atoms with E-state index in [0.717, 1.165) is 44.4 Å². The fourth-order valence-electron chi connectivity index (χ4n) is 8.23. The van der Waals surface area contributed by atoms with Crippen LogP contribution in [0, 0.1) is 0 Å². The zero-order chi connectivity index (χ0) is 34.8. The molecule has 0 saturated carbocycles. The van der Waals surface area contributed by atoms with Crippen molar-refractivity contribution in [1.82, 2.24) is 0 Å².